The minimum atomic E-state index is -0.0639. The third-order valence-electron chi connectivity index (χ3n) is 5.97. The minimum absolute atomic E-state index is 0.0639. The maximum absolute atomic E-state index is 2.45. The van der Waals surface area contributed by atoms with E-state index in [1.165, 1.54) is 40.7 Å². The van der Waals surface area contributed by atoms with Crippen molar-refractivity contribution < 1.29 is 0 Å². The molecular formula is C28H28. The Kier molecular flexibility index (Phi) is 5.58. The Balaban J connectivity index is 1.86. The highest BCUT2D eigenvalue weighted by Gasteiger charge is 2.38. The molecule has 0 saturated carbocycles. The molecule has 140 valence electrons. The summed E-state index contributed by atoms with van der Waals surface area (Å²) in [4.78, 5) is 0. The van der Waals surface area contributed by atoms with Gasteiger partial charge in [-0.25, -0.2) is 0 Å². The van der Waals surface area contributed by atoms with Gasteiger partial charge in [0.1, 0.15) is 0 Å². The predicted molar refractivity (Wildman–Crippen MR) is 120 cm³/mol. The van der Waals surface area contributed by atoms with Crippen LogP contribution in [0.2, 0.25) is 0 Å². The second kappa shape index (κ2) is 8.44. The average molecular weight is 365 g/mol. The van der Waals surface area contributed by atoms with E-state index in [4.69, 9.17) is 0 Å². The molecule has 3 aromatic carbocycles. The first-order valence-corrected chi connectivity index (χ1v) is 10.4. The summed E-state index contributed by atoms with van der Waals surface area (Å²) in [5, 5.41) is 0. The summed E-state index contributed by atoms with van der Waals surface area (Å²) in [6.45, 7) is 2.29. The summed E-state index contributed by atoms with van der Waals surface area (Å²) in [5.41, 5.74) is 6.92. The van der Waals surface area contributed by atoms with Gasteiger partial charge < -0.3 is 0 Å². The lowest BCUT2D eigenvalue weighted by molar-refractivity contribution is 0.512. The van der Waals surface area contributed by atoms with Gasteiger partial charge in [-0.2, -0.15) is 0 Å². The van der Waals surface area contributed by atoms with Crippen LogP contribution in [0.25, 0.3) is 5.57 Å². The highest BCUT2D eigenvalue weighted by atomic mass is 14.4. The largest absolute Gasteiger partial charge is 0.0725 e. The van der Waals surface area contributed by atoms with Crippen LogP contribution in [-0.4, -0.2) is 0 Å². The lowest BCUT2D eigenvalue weighted by atomic mass is 9.65. The maximum Gasteiger partial charge on any atom is 0.0417 e. The van der Waals surface area contributed by atoms with Crippen LogP contribution in [0, 0.1) is 0 Å². The second-order valence-electron chi connectivity index (χ2n) is 7.64. The van der Waals surface area contributed by atoms with Crippen molar-refractivity contribution in [3.63, 3.8) is 0 Å². The lowest BCUT2D eigenvalue weighted by Crippen LogP contribution is -2.30. The Hall–Kier alpha value is -2.86. The summed E-state index contributed by atoms with van der Waals surface area (Å²) in [7, 11) is 0. The molecule has 1 aliphatic rings. The maximum atomic E-state index is 2.45. The molecule has 3 aromatic rings. The van der Waals surface area contributed by atoms with Crippen molar-refractivity contribution in [2.75, 3.05) is 0 Å². The van der Waals surface area contributed by atoms with Gasteiger partial charge in [-0.05, 0) is 35.1 Å². The monoisotopic (exact) mass is 364 g/mol. The predicted octanol–water partition coefficient (Wildman–Crippen LogP) is 7.58. The van der Waals surface area contributed by atoms with Crippen molar-refractivity contribution in [1.29, 1.82) is 0 Å². The smallest absolute Gasteiger partial charge is 0.0417 e. The zero-order valence-electron chi connectivity index (χ0n) is 16.6. The molecule has 0 fully saturated rings. The van der Waals surface area contributed by atoms with E-state index in [1.807, 2.05) is 0 Å². The Morgan fingerprint density at radius 1 is 0.714 bits per heavy atom. The molecule has 0 nitrogen and oxygen atoms in total. The fraction of sp³-hybridized carbons (Fsp3) is 0.214. The first-order valence-electron chi connectivity index (χ1n) is 10.4. The molecule has 0 atom stereocenters. The summed E-state index contributed by atoms with van der Waals surface area (Å²) in [6, 6.07) is 33.0. The molecule has 0 heterocycles. The van der Waals surface area contributed by atoms with E-state index in [9.17, 15) is 0 Å². The third-order valence-corrected chi connectivity index (χ3v) is 5.97. The zero-order chi connectivity index (χ0) is 19.2. The van der Waals surface area contributed by atoms with Crippen molar-refractivity contribution in [3.05, 3.63) is 125 Å². The van der Waals surface area contributed by atoms with Crippen molar-refractivity contribution in [2.45, 2.75) is 38.0 Å². The number of rotatable bonds is 7. The van der Waals surface area contributed by atoms with Gasteiger partial charge in [-0.1, -0.05) is 128 Å². The highest BCUT2D eigenvalue weighted by Crippen LogP contribution is 2.48. The molecule has 0 aromatic heterocycles. The van der Waals surface area contributed by atoms with Crippen LogP contribution in [-0.2, 0) is 5.41 Å². The standard InChI is InChI=1S/C28H28/c1-2-3-21-28(25-15-9-5-10-16-25,26-17-11-6-12-18-26)27-20-19-24(22-27)23-13-7-4-8-14-23/h4-19,22H,2-3,20-21H2,1H3. The fourth-order valence-corrected chi connectivity index (χ4v) is 4.53. The molecule has 0 spiro atoms. The van der Waals surface area contributed by atoms with Gasteiger partial charge >= 0.3 is 0 Å². The molecule has 0 N–H and O–H groups in total. The van der Waals surface area contributed by atoms with Gasteiger partial charge in [-0.3, -0.25) is 0 Å². The van der Waals surface area contributed by atoms with Crippen molar-refractivity contribution in [3.8, 4) is 0 Å². The number of hydrogen-bond acceptors (Lipinski definition) is 0. The SMILES string of the molecule is CCCCC(C1=CC(c2ccccc2)=CC1)(c1ccccc1)c1ccccc1. The van der Waals surface area contributed by atoms with Crippen molar-refractivity contribution >= 4 is 5.57 Å². The van der Waals surface area contributed by atoms with Crippen molar-refractivity contribution in [1.82, 2.24) is 0 Å². The third kappa shape index (κ3) is 3.47. The van der Waals surface area contributed by atoms with Gasteiger partial charge in [0, 0.05) is 5.41 Å². The van der Waals surface area contributed by atoms with Crippen LogP contribution in [0.4, 0.5) is 0 Å². The minimum Gasteiger partial charge on any atom is -0.0725 e. The number of benzene rings is 3. The van der Waals surface area contributed by atoms with E-state index >= 15 is 0 Å². The summed E-state index contributed by atoms with van der Waals surface area (Å²) >= 11 is 0. The molecule has 0 radical (unpaired) electrons. The van der Waals surface area contributed by atoms with Gasteiger partial charge in [0.05, 0.1) is 0 Å². The van der Waals surface area contributed by atoms with Gasteiger partial charge in [0.15, 0.2) is 0 Å². The topological polar surface area (TPSA) is 0 Å². The number of hydrogen-bond donors (Lipinski definition) is 0. The van der Waals surface area contributed by atoms with E-state index in [-0.39, 0.29) is 5.41 Å². The van der Waals surface area contributed by atoms with Gasteiger partial charge in [0.2, 0.25) is 0 Å². The average Bonchev–Trinajstić information content (AvgIpc) is 3.27. The zero-order valence-corrected chi connectivity index (χ0v) is 16.6. The van der Waals surface area contributed by atoms with E-state index in [0.717, 1.165) is 12.8 Å². The normalized spacial score (nSPS) is 13.9. The molecule has 0 bridgehead atoms. The summed E-state index contributed by atoms with van der Waals surface area (Å²) < 4.78 is 0. The quantitative estimate of drug-likeness (QED) is 0.405. The lowest BCUT2D eigenvalue weighted by Gasteiger charge is -2.37. The van der Waals surface area contributed by atoms with Crippen LogP contribution in [0.15, 0.2) is 109 Å². The summed E-state index contributed by atoms with van der Waals surface area (Å²) in [5.74, 6) is 0. The van der Waals surface area contributed by atoms with Crippen LogP contribution in [0.1, 0.15) is 49.3 Å². The van der Waals surface area contributed by atoms with Gasteiger partial charge in [0.25, 0.3) is 0 Å². The molecule has 0 heteroatoms. The Labute approximate surface area is 169 Å². The van der Waals surface area contributed by atoms with Crippen LogP contribution in [0.5, 0.6) is 0 Å². The fourth-order valence-electron chi connectivity index (χ4n) is 4.53. The first-order chi connectivity index (χ1) is 13.8. The van der Waals surface area contributed by atoms with E-state index in [0.29, 0.717) is 0 Å². The molecule has 0 aliphatic heterocycles. The molecule has 0 amide bonds. The van der Waals surface area contributed by atoms with Crippen LogP contribution in [0.3, 0.4) is 0 Å². The number of unbranched alkanes of at least 4 members (excludes halogenated alkanes) is 1. The van der Waals surface area contributed by atoms with E-state index in [2.05, 4.69) is 110 Å². The van der Waals surface area contributed by atoms with Crippen molar-refractivity contribution in [2.24, 2.45) is 0 Å². The Bertz CT molecular complexity index is 907. The second-order valence-corrected chi connectivity index (χ2v) is 7.64. The van der Waals surface area contributed by atoms with Crippen LogP contribution < -0.4 is 0 Å². The summed E-state index contributed by atoms with van der Waals surface area (Å²) in [6.07, 6.45) is 9.41. The molecule has 28 heavy (non-hydrogen) atoms. The molecule has 0 unspecified atom stereocenters. The molecule has 1 aliphatic carbocycles. The van der Waals surface area contributed by atoms with E-state index in [1.54, 1.807) is 0 Å². The number of allylic oxidation sites excluding steroid dienone is 4. The van der Waals surface area contributed by atoms with E-state index < -0.39 is 0 Å². The first kappa shape index (κ1) is 18.5. The molecular weight excluding hydrogens is 336 g/mol. The highest BCUT2D eigenvalue weighted by molar-refractivity contribution is 5.79. The van der Waals surface area contributed by atoms with Gasteiger partial charge in [-0.15, -0.1) is 0 Å². The Morgan fingerprint density at radius 2 is 1.25 bits per heavy atom. The molecule has 4 rings (SSSR count). The Morgan fingerprint density at radius 3 is 1.79 bits per heavy atom. The molecule has 0 saturated heterocycles. The van der Waals surface area contributed by atoms with Crippen LogP contribution >= 0.6 is 0 Å².